The van der Waals surface area contributed by atoms with Crippen LogP contribution in [0.3, 0.4) is 0 Å². The van der Waals surface area contributed by atoms with Gasteiger partial charge in [0.25, 0.3) is 0 Å². The van der Waals surface area contributed by atoms with Crippen LogP contribution in [0, 0.1) is 10.8 Å². The Balaban J connectivity index is 2.47. The van der Waals surface area contributed by atoms with Crippen LogP contribution in [0.5, 0.6) is 0 Å². The van der Waals surface area contributed by atoms with E-state index in [-0.39, 0.29) is 0 Å². The summed E-state index contributed by atoms with van der Waals surface area (Å²) in [6.45, 7) is 12.1. The minimum Gasteiger partial charge on any atom is -0.396 e. The Labute approximate surface area is 107 Å². The van der Waals surface area contributed by atoms with Gasteiger partial charge in [-0.25, -0.2) is 0 Å². The van der Waals surface area contributed by atoms with Gasteiger partial charge in [0, 0.05) is 18.7 Å². The average Bonchev–Trinajstić information content (AvgIpc) is 2.09. The Hall–Kier alpha value is -0.0800. The quantitative estimate of drug-likeness (QED) is 0.773. The number of aliphatic hydroxyl groups excluding tert-OH is 1. The largest absolute Gasteiger partial charge is 0.396 e. The summed E-state index contributed by atoms with van der Waals surface area (Å²) in [6, 6.07) is 1.17. The van der Waals surface area contributed by atoms with Crippen LogP contribution in [0.4, 0.5) is 0 Å². The van der Waals surface area contributed by atoms with Gasteiger partial charge in [-0.1, -0.05) is 27.7 Å². The van der Waals surface area contributed by atoms with Crippen LogP contribution < -0.4 is 5.32 Å². The number of hydrogen-bond acceptors (Lipinski definition) is 2. The van der Waals surface area contributed by atoms with Crippen molar-refractivity contribution in [3.05, 3.63) is 0 Å². The predicted octanol–water partition coefficient (Wildman–Crippen LogP) is 3.34. The first kappa shape index (κ1) is 15.0. The zero-order valence-corrected chi connectivity index (χ0v) is 12.3. The van der Waals surface area contributed by atoms with Crippen LogP contribution in [-0.4, -0.2) is 23.8 Å². The number of rotatable bonds is 5. The van der Waals surface area contributed by atoms with Crippen LogP contribution in [0.25, 0.3) is 0 Å². The van der Waals surface area contributed by atoms with Gasteiger partial charge in [0.05, 0.1) is 0 Å². The second-order valence-electron chi connectivity index (χ2n) is 7.54. The summed E-state index contributed by atoms with van der Waals surface area (Å²) in [6.07, 6.45) is 5.87. The second-order valence-corrected chi connectivity index (χ2v) is 7.54. The van der Waals surface area contributed by atoms with Gasteiger partial charge in [0.15, 0.2) is 0 Å². The standard InChI is InChI=1S/C15H31NO/c1-12(7-6-8-17)16-13-9-14(2,3)11-15(4,5)10-13/h12-13,16-17H,6-11H2,1-5H3. The SMILES string of the molecule is CC(CCCO)NC1CC(C)(C)CC(C)(C)C1. The molecule has 0 saturated heterocycles. The third-order valence-corrected chi connectivity index (χ3v) is 3.87. The van der Waals surface area contributed by atoms with Gasteiger partial charge in [-0.2, -0.15) is 0 Å². The highest BCUT2D eigenvalue weighted by Gasteiger charge is 2.38. The highest BCUT2D eigenvalue weighted by Crippen LogP contribution is 2.45. The smallest absolute Gasteiger partial charge is 0.0431 e. The molecular formula is C15H31NO. The molecule has 0 aliphatic heterocycles. The lowest BCUT2D eigenvalue weighted by molar-refractivity contribution is 0.0802. The van der Waals surface area contributed by atoms with E-state index >= 15 is 0 Å². The summed E-state index contributed by atoms with van der Waals surface area (Å²) in [4.78, 5) is 0. The van der Waals surface area contributed by atoms with Crippen molar-refractivity contribution in [3.63, 3.8) is 0 Å². The molecule has 0 aromatic rings. The molecule has 2 heteroatoms. The van der Waals surface area contributed by atoms with E-state index in [9.17, 15) is 0 Å². The molecule has 2 nitrogen and oxygen atoms in total. The number of aliphatic hydroxyl groups is 1. The summed E-state index contributed by atoms with van der Waals surface area (Å²) in [5.41, 5.74) is 0.909. The van der Waals surface area contributed by atoms with Crippen molar-refractivity contribution < 1.29 is 5.11 Å². The minimum absolute atomic E-state index is 0.313. The number of nitrogens with one attached hydrogen (secondary N) is 1. The first-order valence-electron chi connectivity index (χ1n) is 7.11. The van der Waals surface area contributed by atoms with Crippen LogP contribution >= 0.6 is 0 Å². The molecule has 0 aromatic carbocycles. The predicted molar refractivity (Wildman–Crippen MR) is 74.1 cm³/mol. The fraction of sp³-hybridized carbons (Fsp3) is 1.00. The van der Waals surface area contributed by atoms with E-state index in [2.05, 4.69) is 39.9 Å². The van der Waals surface area contributed by atoms with Gasteiger partial charge >= 0.3 is 0 Å². The first-order chi connectivity index (χ1) is 7.74. The summed E-state index contributed by atoms with van der Waals surface area (Å²) < 4.78 is 0. The highest BCUT2D eigenvalue weighted by atomic mass is 16.2. The molecule has 0 radical (unpaired) electrons. The average molecular weight is 241 g/mol. The summed E-state index contributed by atoms with van der Waals surface area (Å²) in [5.74, 6) is 0. The van der Waals surface area contributed by atoms with E-state index in [0.29, 0.717) is 29.5 Å². The van der Waals surface area contributed by atoms with Crippen LogP contribution in [-0.2, 0) is 0 Å². The molecule has 1 aliphatic carbocycles. The monoisotopic (exact) mass is 241 g/mol. The molecule has 2 N–H and O–H groups in total. The third-order valence-electron chi connectivity index (χ3n) is 3.87. The van der Waals surface area contributed by atoms with E-state index in [0.717, 1.165) is 12.8 Å². The topological polar surface area (TPSA) is 32.3 Å². The molecule has 0 spiro atoms. The molecule has 0 aromatic heterocycles. The molecule has 1 fully saturated rings. The van der Waals surface area contributed by atoms with Gasteiger partial charge in [-0.3, -0.25) is 0 Å². The summed E-state index contributed by atoms with van der Waals surface area (Å²) >= 11 is 0. The molecule has 1 aliphatic rings. The summed E-state index contributed by atoms with van der Waals surface area (Å²) in [7, 11) is 0. The fourth-order valence-electron chi connectivity index (χ4n) is 3.85. The van der Waals surface area contributed by atoms with Gasteiger partial charge in [0.2, 0.25) is 0 Å². The molecule has 0 amide bonds. The molecule has 1 unspecified atom stereocenters. The molecule has 1 rings (SSSR count). The highest BCUT2D eigenvalue weighted by molar-refractivity contribution is 4.92. The second kappa shape index (κ2) is 5.71. The van der Waals surface area contributed by atoms with Gasteiger partial charge in [0.1, 0.15) is 0 Å². The van der Waals surface area contributed by atoms with Crippen molar-refractivity contribution in [2.24, 2.45) is 10.8 Å². The maximum absolute atomic E-state index is 8.86. The molecule has 1 saturated carbocycles. The van der Waals surface area contributed by atoms with Crippen molar-refractivity contribution in [2.45, 2.75) is 78.8 Å². The van der Waals surface area contributed by atoms with Gasteiger partial charge in [-0.05, 0) is 49.9 Å². The molecular weight excluding hydrogens is 210 g/mol. The van der Waals surface area contributed by atoms with E-state index in [1.807, 2.05) is 0 Å². The Morgan fingerprint density at radius 3 is 2.18 bits per heavy atom. The minimum atomic E-state index is 0.313. The Kier molecular flexibility index (Phi) is 5.03. The van der Waals surface area contributed by atoms with Crippen molar-refractivity contribution in [2.75, 3.05) is 6.61 Å². The molecule has 0 bridgehead atoms. The zero-order chi connectivity index (χ0) is 13.1. The lowest BCUT2D eigenvalue weighted by atomic mass is 9.63. The van der Waals surface area contributed by atoms with Crippen LogP contribution in [0.1, 0.15) is 66.7 Å². The molecule has 1 atom stereocenters. The van der Waals surface area contributed by atoms with Gasteiger partial charge < -0.3 is 10.4 Å². The van der Waals surface area contributed by atoms with Crippen molar-refractivity contribution in [3.8, 4) is 0 Å². The maximum Gasteiger partial charge on any atom is 0.0431 e. The molecule has 17 heavy (non-hydrogen) atoms. The normalized spacial score (nSPS) is 25.8. The Morgan fingerprint density at radius 1 is 1.18 bits per heavy atom. The van der Waals surface area contributed by atoms with E-state index < -0.39 is 0 Å². The fourth-order valence-corrected chi connectivity index (χ4v) is 3.85. The van der Waals surface area contributed by atoms with Crippen molar-refractivity contribution in [1.82, 2.24) is 5.32 Å². The maximum atomic E-state index is 8.86. The van der Waals surface area contributed by atoms with Gasteiger partial charge in [-0.15, -0.1) is 0 Å². The molecule has 102 valence electrons. The van der Waals surface area contributed by atoms with Crippen molar-refractivity contribution >= 4 is 0 Å². The van der Waals surface area contributed by atoms with Crippen LogP contribution in [0.2, 0.25) is 0 Å². The zero-order valence-electron chi connectivity index (χ0n) is 12.3. The van der Waals surface area contributed by atoms with E-state index in [1.165, 1.54) is 19.3 Å². The first-order valence-corrected chi connectivity index (χ1v) is 7.11. The molecule has 0 heterocycles. The van der Waals surface area contributed by atoms with E-state index in [1.54, 1.807) is 0 Å². The van der Waals surface area contributed by atoms with Crippen LogP contribution in [0.15, 0.2) is 0 Å². The lowest BCUT2D eigenvalue weighted by Crippen LogP contribution is -2.46. The number of hydrogen-bond donors (Lipinski definition) is 2. The Bertz CT molecular complexity index is 219. The van der Waals surface area contributed by atoms with E-state index in [4.69, 9.17) is 5.11 Å². The van der Waals surface area contributed by atoms with Crippen molar-refractivity contribution in [1.29, 1.82) is 0 Å². The lowest BCUT2D eigenvalue weighted by Gasteiger charge is -2.46. The third kappa shape index (κ3) is 5.39. The summed E-state index contributed by atoms with van der Waals surface area (Å²) in [5, 5.41) is 12.6. The Morgan fingerprint density at radius 2 is 1.71 bits per heavy atom.